The summed E-state index contributed by atoms with van der Waals surface area (Å²) in [6.07, 6.45) is 0.747. The molecule has 114 valence electrons. The highest BCUT2D eigenvalue weighted by Gasteiger charge is 2.22. The lowest BCUT2D eigenvalue weighted by molar-refractivity contribution is -0.138. The minimum atomic E-state index is -0.849. The molecule has 0 bridgehead atoms. The minimum Gasteiger partial charge on any atom is -0.508 e. The van der Waals surface area contributed by atoms with Crippen molar-refractivity contribution < 1.29 is 19.8 Å². The number of aliphatic carboxylic acids is 1. The van der Waals surface area contributed by atoms with Crippen LogP contribution in [0.1, 0.15) is 22.3 Å². The summed E-state index contributed by atoms with van der Waals surface area (Å²) >= 11 is 0. The van der Waals surface area contributed by atoms with E-state index in [0.29, 0.717) is 31.7 Å². The highest BCUT2D eigenvalue weighted by Crippen LogP contribution is 2.18. The Morgan fingerprint density at radius 1 is 1.19 bits per heavy atom. The fraction of sp³-hybridized carbons (Fsp3) is 0.467. The van der Waals surface area contributed by atoms with Crippen molar-refractivity contribution in [3.8, 4) is 5.75 Å². The molecule has 1 fully saturated rings. The maximum Gasteiger partial charge on any atom is 0.317 e. The topological polar surface area (TPSA) is 81.1 Å². The lowest BCUT2D eigenvalue weighted by Crippen LogP contribution is -2.36. The van der Waals surface area contributed by atoms with Gasteiger partial charge in [0.15, 0.2) is 0 Å². The number of nitrogens with zero attached hydrogens (tertiary/aromatic N) is 2. The van der Waals surface area contributed by atoms with E-state index in [4.69, 9.17) is 5.11 Å². The highest BCUT2D eigenvalue weighted by atomic mass is 16.4. The van der Waals surface area contributed by atoms with Crippen molar-refractivity contribution in [2.24, 2.45) is 0 Å². The third-order valence-electron chi connectivity index (χ3n) is 3.69. The number of amides is 1. The monoisotopic (exact) mass is 292 g/mol. The molecule has 1 heterocycles. The normalized spacial score (nSPS) is 16.5. The van der Waals surface area contributed by atoms with Crippen LogP contribution >= 0.6 is 0 Å². The number of hydrogen-bond donors (Lipinski definition) is 2. The molecule has 1 aromatic rings. The first-order chi connectivity index (χ1) is 9.97. The second-order valence-corrected chi connectivity index (χ2v) is 5.31. The zero-order valence-electron chi connectivity index (χ0n) is 12.1. The Kier molecular flexibility index (Phi) is 4.80. The summed E-state index contributed by atoms with van der Waals surface area (Å²) in [5.74, 6) is -0.884. The van der Waals surface area contributed by atoms with E-state index in [1.54, 1.807) is 17.0 Å². The Bertz CT molecular complexity index is 544. The van der Waals surface area contributed by atoms with Crippen LogP contribution in [0.2, 0.25) is 0 Å². The van der Waals surface area contributed by atoms with Gasteiger partial charge in [-0.2, -0.15) is 0 Å². The number of benzene rings is 1. The molecule has 21 heavy (non-hydrogen) atoms. The lowest BCUT2D eigenvalue weighted by Gasteiger charge is -2.22. The summed E-state index contributed by atoms with van der Waals surface area (Å²) in [5.41, 5.74) is 1.33. The second kappa shape index (κ2) is 6.58. The zero-order chi connectivity index (χ0) is 15.4. The van der Waals surface area contributed by atoms with E-state index in [0.717, 1.165) is 12.0 Å². The van der Waals surface area contributed by atoms with E-state index in [2.05, 4.69) is 0 Å². The third kappa shape index (κ3) is 3.95. The van der Waals surface area contributed by atoms with Crippen molar-refractivity contribution in [3.05, 3.63) is 29.3 Å². The van der Waals surface area contributed by atoms with E-state index in [9.17, 15) is 14.7 Å². The van der Waals surface area contributed by atoms with Crippen molar-refractivity contribution >= 4 is 11.9 Å². The molecular weight excluding hydrogens is 272 g/mol. The predicted molar refractivity (Wildman–Crippen MR) is 77.4 cm³/mol. The maximum atomic E-state index is 12.5. The van der Waals surface area contributed by atoms with Crippen LogP contribution in [0.15, 0.2) is 18.2 Å². The van der Waals surface area contributed by atoms with E-state index in [1.807, 2.05) is 11.8 Å². The molecule has 1 amide bonds. The Morgan fingerprint density at radius 2 is 1.95 bits per heavy atom. The van der Waals surface area contributed by atoms with Crippen LogP contribution in [0.25, 0.3) is 0 Å². The molecule has 0 spiro atoms. The minimum absolute atomic E-state index is 0.00713. The number of aromatic hydroxyl groups is 1. The fourth-order valence-corrected chi connectivity index (χ4v) is 2.53. The molecule has 0 aromatic heterocycles. The molecule has 0 radical (unpaired) electrons. The number of rotatable bonds is 3. The number of hydrogen-bond acceptors (Lipinski definition) is 4. The van der Waals surface area contributed by atoms with Gasteiger partial charge in [-0.05, 0) is 31.0 Å². The molecule has 2 N–H and O–H groups in total. The van der Waals surface area contributed by atoms with Crippen molar-refractivity contribution in [1.82, 2.24) is 9.80 Å². The third-order valence-corrected chi connectivity index (χ3v) is 3.69. The molecule has 1 aromatic carbocycles. The van der Waals surface area contributed by atoms with Gasteiger partial charge in [-0.15, -0.1) is 0 Å². The second-order valence-electron chi connectivity index (χ2n) is 5.31. The quantitative estimate of drug-likeness (QED) is 0.866. The van der Waals surface area contributed by atoms with Crippen LogP contribution in [0.5, 0.6) is 5.75 Å². The molecule has 2 rings (SSSR count). The van der Waals surface area contributed by atoms with Crippen LogP contribution in [-0.4, -0.2) is 64.6 Å². The average molecular weight is 292 g/mol. The van der Waals surface area contributed by atoms with E-state index in [-0.39, 0.29) is 18.2 Å². The van der Waals surface area contributed by atoms with Gasteiger partial charge >= 0.3 is 5.97 Å². The molecule has 1 aliphatic heterocycles. The standard InChI is InChI=1S/C15H20N2O4/c1-11-3-4-12(18)9-13(11)15(21)17-6-2-5-16(7-8-17)10-14(19)20/h3-4,9,18H,2,5-8,10H2,1H3,(H,19,20). The number of carbonyl (C=O) groups excluding carboxylic acids is 1. The number of carbonyl (C=O) groups is 2. The first-order valence-electron chi connectivity index (χ1n) is 7.00. The van der Waals surface area contributed by atoms with Crippen LogP contribution in [-0.2, 0) is 4.79 Å². The van der Waals surface area contributed by atoms with Crippen molar-refractivity contribution in [2.45, 2.75) is 13.3 Å². The summed E-state index contributed by atoms with van der Waals surface area (Å²) in [4.78, 5) is 26.8. The molecule has 0 atom stereocenters. The molecule has 6 heteroatoms. The van der Waals surface area contributed by atoms with E-state index in [1.165, 1.54) is 6.07 Å². The number of aryl methyl sites for hydroxylation is 1. The Labute approximate surface area is 123 Å². The first kappa shape index (κ1) is 15.3. The van der Waals surface area contributed by atoms with Gasteiger partial charge in [0, 0.05) is 31.7 Å². The van der Waals surface area contributed by atoms with Crippen LogP contribution in [0.4, 0.5) is 0 Å². The summed E-state index contributed by atoms with van der Waals surface area (Å²) in [7, 11) is 0. The van der Waals surface area contributed by atoms with Gasteiger partial charge in [-0.25, -0.2) is 0 Å². The Hall–Kier alpha value is -2.08. The average Bonchev–Trinajstić information content (AvgIpc) is 2.66. The fourth-order valence-electron chi connectivity index (χ4n) is 2.53. The van der Waals surface area contributed by atoms with Gasteiger partial charge in [0.1, 0.15) is 5.75 Å². The highest BCUT2D eigenvalue weighted by molar-refractivity contribution is 5.96. The summed E-state index contributed by atoms with van der Waals surface area (Å²) in [5, 5.41) is 18.4. The van der Waals surface area contributed by atoms with Crippen molar-refractivity contribution in [3.63, 3.8) is 0 Å². The Morgan fingerprint density at radius 3 is 2.67 bits per heavy atom. The van der Waals surface area contributed by atoms with Gasteiger partial charge in [0.25, 0.3) is 5.91 Å². The van der Waals surface area contributed by atoms with Gasteiger partial charge in [-0.1, -0.05) is 6.07 Å². The Balaban J connectivity index is 2.06. The predicted octanol–water partition coefficient (Wildman–Crippen LogP) is 0.933. The zero-order valence-corrected chi connectivity index (χ0v) is 12.1. The summed E-state index contributed by atoms with van der Waals surface area (Å²) < 4.78 is 0. The number of carboxylic acid groups (broad SMARTS) is 1. The van der Waals surface area contributed by atoms with Crippen LogP contribution in [0.3, 0.4) is 0 Å². The summed E-state index contributed by atoms with van der Waals surface area (Å²) in [6, 6.07) is 4.76. The molecule has 0 saturated carbocycles. The first-order valence-corrected chi connectivity index (χ1v) is 7.00. The molecule has 6 nitrogen and oxygen atoms in total. The largest absolute Gasteiger partial charge is 0.508 e. The van der Waals surface area contributed by atoms with Crippen LogP contribution < -0.4 is 0 Å². The molecule has 1 aliphatic rings. The smallest absolute Gasteiger partial charge is 0.317 e. The lowest BCUT2D eigenvalue weighted by atomic mass is 10.1. The SMILES string of the molecule is Cc1ccc(O)cc1C(=O)N1CCCN(CC(=O)O)CC1. The number of phenols is 1. The van der Waals surface area contributed by atoms with Gasteiger partial charge in [0.05, 0.1) is 6.54 Å². The molecule has 0 unspecified atom stereocenters. The maximum absolute atomic E-state index is 12.5. The van der Waals surface area contributed by atoms with E-state index < -0.39 is 5.97 Å². The van der Waals surface area contributed by atoms with Gasteiger partial charge in [-0.3, -0.25) is 14.5 Å². The van der Waals surface area contributed by atoms with Crippen LogP contribution in [0, 0.1) is 6.92 Å². The van der Waals surface area contributed by atoms with Crippen molar-refractivity contribution in [1.29, 1.82) is 0 Å². The number of phenolic OH excluding ortho intramolecular Hbond substituents is 1. The van der Waals surface area contributed by atoms with E-state index >= 15 is 0 Å². The van der Waals surface area contributed by atoms with Crippen molar-refractivity contribution in [2.75, 3.05) is 32.7 Å². The molecule has 1 saturated heterocycles. The number of carboxylic acids is 1. The summed E-state index contributed by atoms with van der Waals surface area (Å²) in [6.45, 7) is 4.17. The van der Waals surface area contributed by atoms with Gasteiger partial charge in [0.2, 0.25) is 0 Å². The van der Waals surface area contributed by atoms with Gasteiger partial charge < -0.3 is 15.1 Å². The molecular formula is C15H20N2O4. The molecule has 0 aliphatic carbocycles.